The van der Waals surface area contributed by atoms with Crippen LogP contribution in [0.15, 0.2) is 24.3 Å². The maximum atomic E-state index is 12.9. The molecule has 0 bridgehead atoms. The molecule has 30 heavy (non-hydrogen) atoms. The van der Waals surface area contributed by atoms with Crippen molar-refractivity contribution < 1.29 is 28.7 Å². The lowest BCUT2D eigenvalue weighted by molar-refractivity contribution is -0.150. The molecular weight excluding hydrogens is 388 g/mol. The van der Waals surface area contributed by atoms with E-state index in [9.17, 15) is 19.2 Å². The fraction of sp³-hybridized carbons (Fsp3) is 0.545. The Morgan fingerprint density at radius 3 is 2.57 bits per heavy atom. The number of amides is 3. The number of hydrogen-bond donors (Lipinski definition) is 1. The third kappa shape index (κ3) is 4.17. The van der Waals surface area contributed by atoms with E-state index in [1.165, 1.54) is 6.92 Å². The lowest BCUT2D eigenvalue weighted by Gasteiger charge is -2.36. The average Bonchev–Trinajstić information content (AvgIpc) is 2.95. The predicted octanol–water partition coefficient (Wildman–Crippen LogP) is 2.70. The van der Waals surface area contributed by atoms with Gasteiger partial charge in [-0.2, -0.15) is 0 Å². The molecule has 1 aromatic rings. The first-order valence-electron chi connectivity index (χ1n) is 10.4. The lowest BCUT2D eigenvalue weighted by Crippen LogP contribution is -2.54. The van der Waals surface area contributed by atoms with E-state index < -0.39 is 30.2 Å². The molecule has 2 fully saturated rings. The van der Waals surface area contributed by atoms with Crippen molar-refractivity contribution in [3.8, 4) is 5.75 Å². The van der Waals surface area contributed by atoms with E-state index in [4.69, 9.17) is 9.47 Å². The summed E-state index contributed by atoms with van der Waals surface area (Å²) in [6, 6.07) is 5.95. The minimum atomic E-state index is -1.04. The number of ketones is 1. The van der Waals surface area contributed by atoms with Crippen molar-refractivity contribution in [1.82, 2.24) is 10.2 Å². The molecular formula is C22H28N2O6. The Kier molecular flexibility index (Phi) is 6.43. The summed E-state index contributed by atoms with van der Waals surface area (Å²) in [7, 11) is 0. The minimum Gasteiger partial charge on any atom is -0.494 e. The molecule has 8 heteroatoms. The van der Waals surface area contributed by atoms with Gasteiger partial charge in [0.1, 0.15) is 17.8 Å². The summed E-state index contributed by atoms with van der Waals surface area (Å²) in [4.78, 5) is 51.1. The van der Waals surface area contributed by atoms with Crippen LogP contribution in [0.3, 0.4) is 0 Å². The number of carbonyl (C=O) groups is 4. The zero-order valence-electron chi connectivity index (χ0n) is 17.6. The second kappa shape index (κ2) is 8.85. The number of nitrogens with one attached hydrogen (secondary N) is 1. The molecule has 1 aliphatic heterocycles. The van der Waals surface area contributed by atoms with Gasteiger partial charge in [-0.3, -0.25) is 19.3 Å². The topological polar surface area (TPSA) is 102 Å². The number of esters is 1. The summed E-state index contributed by atoms with van der Waals surface area (Å²) in [5.74, 6) is -0.916. The van der Waals surface area contributed by atoms with Crippen molar-refractivity contribution in [2.24, 2.45) is 5.92 Å². The highest BCUT2D eigenvalue weighted by Crippen LogP contribution is 2.38. The number of carbonyl (C=O) groups excluding carboxylic acids is 4. The van der Waals surface area contributed by atoms with E-state index in [2.05, 4.69) is 5.32 Å². The van der Waals surface area contributed by atoms with Gasteiger partial charge in [-0.15, -0.1) is 0 Å². The van der Waals surface area contributed by atoms with Crippen LogP contribution >= 0.6 is 0 Å². The van der Waals surface area contributed by atoms with Crippen molar-refractivity contribution in [2.75, 3.05) is 13.2 Å². The number of urea groups is 1. The molecule has 3 amide bonds. The van der Waals surface area contributed by atoms with Crippen LogP contribution < -0.4 is 10.1 Å². The predicted molar refractivity (Wildman–Crippen MR) is 108 cm³/mol. The fourth-order valence-electron chi connectivity index (χ4n) is 4.17. The Morgan fingerprint density at radius 1 is 1.23 bits per heavy atom. The summed E-state index contributed by atoms with van der Waals surface area (Å²) in [5.41, 5.74) is -0.553. The highest BCUT2D eigenvalue weighted by molar-refractivity contribution is 6.09. The van der Waals surface area contributed by atoms with Crippen molar-refractivity contribution in [3.63, 3.8) is 0 Å². The lowest BCUT2D eigenvalue weighted by atomic mass is 9.73. The van der Waals surface area contributed by atoms with Crippen LogP contribution in [-0.2, 0) is 14.3 Å². The third-order valence-corrected chi connectivity index (χ3v) is 5.92. The van der Waals surface area contributed by atoms with E-state index in [0.29, 0.717) is 24.3 Å². The molecule has 8 nitrogen and oxygen atoms in total. The van der Waals surface area contributed by atoms with Crippen LogP contribution in [0.5, 0.6) is 5.75 Å². The zero-order chi connectivity index (χ0) is 21.9. The Hall–Kier alpha value is -2.90. The largest absolute Gasteiger partial charge is 0.494 e. The normalized spacial score (nSPS) is 24.5. The van der Waals surface area contributed by atoms with Gasteiger partial charge in [-0.1, -0.05) is 19.8 Å². The standard InChI is InChI=1S/C22H28N2O6/c1-4-29-17-10-8-16(9-11-17)19(26)15(3)30-18(25)13-24-20(27)22(23-21(24)28)12-6-5-7-14(22)2/h8-11,14-15H,4-7,12-13H2,1-3H3,(H,23,28)/t14-,15-,22+/m0/s1. The first-order chi connectivity index (χ1) is 14.3. The maximum absolute atomic E-state index is 12.9. The van der Waals surface area contributed by atoms with E-state index in [1.807, 2.05) is 13.8 Å². The summed E-state index contributed by atoms with van der Waals surface area (Å²) in [6.07, 6.45) is 2.23. The van der Waals surface area contributed by atoms with Gasteiger partial charge in [0.25, 0.3) is 5.91 Å². The maximum Gasteiger partial charge on any atom is 0.326 e. The SMILES string of the molecule is CCOc1ccc(C(=O)[C@H](C)OC(=O)CN2C(=O)N[C@@]3(CCCC[C@@H]3C)C2=O)cc1. The summed E-state index contributed by atoms with van der Waals surface area (Å²) < 4.78 is 10.6. The Balaban J connectivity index is 1.60. The molecule has 1 aliphatic carbocycles. The molecule has 2 aliphatic rings. The van der Waals surface area contributed by atoms with Gasteiger partial charge in [-0.05, 0) is 56.9 Å². The van der Waals surface area contributed by atoms with Crippen molar-refractivity contribution in [1.29, 1.82) is 0 Å². The summed E-state index contributed by atoms with van der Waals surface area (Å²) >= 11 is 0. The van der Waals surface area contributed by atoms with Crippen LogP contribution in [0, 0.1) is 5.92 Å². The van der Waals surface area contributed by atoms with Crippen molar-refractivity contribution >= 4 is 23.7 Å². The molecule has 162 valence electrons. The minimum absolute atomic E-state index is 0.00359. The van der Waals surface area contributed by atoms with Crippen LogP contribution in [0.2, 0.25) is 0 Å². The smallest absolute Gasteiger partial charge is 0.326 e. The van der Waals surface area contributed by atoms with Gasteiger partial charge in [0.05, 0.1) is 6.61 Å². The number of rotatable bonds is 7. The van der Waals surface area contributed by atoms with E-state index >= 15 is 0 Å². The quantitative estimate of drug-likeness (QED) is 0.417. The second-order valence-corrected chi connectivity index (χ2v) is 7.89. The molecule has 1 saturated carbocycles. The van der Waals surface area contributed by atoms with Gasteiger partial charge in [-0.25, -0.2) is 4.79 Å². The van der Waals surface area contributed by atoms with E-state index in [-0.39, 0.29) is 17.6 Å². The number of benzene rings is 1. The average molecular weight is 416 g/mol. The van der Waals surface area contributed by atoms with Gasteiger partial charge in [0, 0.05) is 5.56 Å². The monoisotopic (exact) mass is 416 g/mol. The zero-order valence-corrected chi connectivity index (χ0v) is 17.6. The van der Waals surface area contributed by atoms with Gasteiger partial charge in [0.2, 0.25) is 5.78 Å². The van der Waals surface area contributed by atoms with Crippen LogP contribution in [0.1, 0.15) is 56.8 Å². The third-order valence-electron chi connectivity index (χ3n) is 5.92. The molecule has 0 unspecified atom stereocenters. The molecule has 3 rings (SSSR count). The molecule has 3 atom stereocenters. The van der Waals surface area contributed by atoms with Crippen LogP contribution in [-0.4, -0.2) is 53.4 Å². The second-order valence-electron chi connectivity index (χ2n) is 7.89. The number of Topliss-reactive ketones (excluding diaryl/α,β-unsaturated/α-hetero) is 1. The number of hydrogen-bond acceptors (Lipinski definition) is 6. The van der Waals surface area contributed by atoms with E-state index in [0.717, 1.165) is 24.2 Å². The molecule has 1 heterocycles. The van der Waals surface area contributed by atoms with Crippen LogP contribution in [0.4, 0.5) is 4.79 Å². The fourth-order valence-corrected chi connectivity index (χ4v) is 4.17. The van der Waals surface area contributed by atoms with Crippen LogP contribution in [0.25, 0.3) is 0 Å². The van der Waals surface area contributed by atoms with E-state index in [1.54, 1.807) is 24.3 Å². The van der Waals surface area contributed by atoms with Crippen molar-refractivity contribution in [2.45, 2.75) is 58.1 Å². The molecule has 1 saturated heterocycles. The number of ether oxygens (including phenoxy) is 2. The molecule has 0 aromatic heterocycles. The number of imide groups is 1. The van der Waals surface area contributed by atoms with Crippen molar-refractivity contribution in [3.05, 3.63) is 29.8 Å². The molecule has 0 radical (unpaired) electrons. The molecule has 1 aromatic carbocycles. The van der Waals surface area contributed by atoms with Gasteiger partial charge < -0.3 is 14.8 Å². The molecule has 1 N–H and O–H groups in total. The highest BCUT2D eigenvalue weighted by Gasteiger charge is 2.55. The van der Waals surface area contributed by atoms with Gasteiger partial charge in [0.15, 0.2) is 6.10 Å². The Morgan fingerprint density at radius 2 is 1.93 bits per heavy atom. The number of nitrogens with zero attached hydrogens (tertiary/aromatic N) is 1. The first kappa shape index (κ1) is 21.8. The highest BCUT2D eigenvalue weighted by atomic mass is 16.5. The molecule has 1 spiro atoms. The van der Waals surface area contributed by atoms with Gasteiger partial charge >= 0.3 is 12.0 Å². The Labute approximate surface area is 175 Å². The Bertz CT molecular complexity index is 837. The first-order valence-corrected chi connectivity index (χ1v) is 10.4. The summed E-state index contributed by atoms with van der Waals surface area (Å²) in [6.45, 7) is 5.27. The summed E-state index contributed by atoms with van der Waals surface area (Å²) in [5, 5.41) is 2.79.